The van der Waals surface area contributed by atoms with E-state index in [2.05, 4.69) is 13.8 Å². The number of hydrogen-bond acceptors (Lipinski definition) is 2. The van der Waals surface area contributed by atoms with Gasteiger partial charge in [0.25, 0.3) is 0 Å². The summed E-state index contributed by atoms with van der Waals surface area (Å²) in [5.41, 5.74) is 0.498. The Labute approximate surface area is 80.0 Å². The number of esters is 1. The molecule has 0 aliphatic carbocycles. The predicted molar refractivity (Wildman–Crippen MR) is 52.3 cm³/mol. The van der Waals surface area contributed by atoms with Gasteiger partial charge in [0.05, 0.1) is 0 Å². The molecular weight excluding hydrogens is 164 g/mol. The Morgan fingerprint density at radius 2 is 2.00 bits per heavy atom. The van der Waals surface area contributed by atoms with Crippen LogP contribution >= 0.6 is 0 Å². The standard InChI is InChI=1S/C11H18O2/c1-7(2)6-9-8(3)11(4,5)13-10(9)12/h6-8H,1-5H3/b9-6-. The van der Waals surface area contributed by atoms with Crippen LogP contribution in [0.3, 0.4) is 0 Å². The topological polar surface area (TPSA) is 26.3 Å². The zero-order valence-corrected chi connectivity index (χ0v) is 9.05. The third kappa shape index (κ3) is 1.93. The Morgan fingerprint density at radius 1 is 1.46 bits per heavy atom. The molecule has 0 bridgehead atoms. The summed E-state index contributed by atoms with van der Waals surface area (Å²) < 4.78 is 5.27. The summed E-state index contributed by atoms with van der Waals surface area (Å²) in [5, 5.41) is 0. The summed E-state index contributed by atoms with van der Waals surface area (Å²) in [7, 11) is 0. The van der Waals surface area contributed by atoms with E-state index in [1.807, 2.05) is 26.8 Å². The van der Waals surface area contributed by atoms with Gasteiger partial charge in [0.1, 0.15) is 5.60 Å². The van der Waals surface area contributed by atoms with Crippen LogP contribution in [0, 0.1) is 11.8 Å². The molecule has 0 saturated carbocycles. The number of hydrogen-bond donors (Lipinski definition) is 0. The molecule has 0 aromatic carbocycles. The van der Waals surface area contributed by atoms with E-state index in [4.69, 9.17) is 4.74 Å². The Balaban J connectivity index is 2.95. The maximum Gasteiger partial charge on any atom is 0.334 e. The minimum Gasteiger partial charge on any atom is -0.456 e. The Kier molecular flexibility index (Phi) is 2.51. The summed E-state index contributed by atoms with van der Waals surface area (Å²) in [4.78, 5) is 11.4. The van der Waals surface area contributed by atoms with Crippen LogP contribution in [0.25, 0.3) is 0 Å². The lowest BCUT2D eigenvalue weighted by molar-refractivity contribution is -0.144. The first-order chi connectivity index (χ1) is 5.84. The van der Waals surface area contributed by atoms with Gasteiger partial charge in [0, 0.05) is 11.5 Å². The van der Waals surface area contributed by atoms with E-state index in [1.54, 1.807) is 0 Å². The van der Waals surface area contributed by atoms with E-state index in [9.17, 15) is 4.79 Å². The summed E-state index contributed by atoms with van der Waals surface area (Å²) >= 11 is 0. The van der Waals surface area contributed by atoms with Crippen LogP contribution in [0.5, 0.6) is 0 Å². The number of ether oxygens (including phenoxy) is 1. The highest BCUT2D eigenvalue weighted by molar-refractivity contribution is 5.91. The molecule has 2 heteroatoms. The normalized spacial score (nSPS) is 29.8. The van der Waals surface area contributed by atoms with E-state index in [0.29, 0.717) is 5.92 Å². The van der Waals surface area contributed by atoms with Gasteiger partial charge in [-0.3, -0.25) is 0 Å². The fourth-order valence-corrected chi connectivity index (χ4v) is 1.51. The molecule has 1 fully saturated rings. The molecule has 1 aliphatic rings. The van der Waals surface area contributed by atoms with Crippen LogP contribution in [0.1, 0.15) is 34.6 Å². The van der Waals surface area contributed by atoms with Gasteiger partial charge in [-0.05, 0) is 19.8 Å². The van der Waals surface area contributed by atoms with E-state index in [-0.39, 0.29) is 17.5 Å². The average Bonchev–Trinajstić information content (AvgIpc) is 2.12. The SMILES string of the molecule is CC(C)/C=C1\C(=O)OC(C)(C)C1C. The van der Waals surface area contributed by atoms with Gasteiger partial charge >= 0.3 is 5.97 Å². The third-order valence-corrected chi connectivity index (χ3v) is 2.61. The van der Waals surface area contributed by atoms with Crippen LogP contribution in [0.4, 0.5) is 0 Å². The molecule has 1 unspecified atom stereocenters. The van der Waals surface area contributed by atoms with Crippen molar-refractivity contribution in [3.63, 3.8) is 0 Å². The molecule has 0 radical (unpaired) electrons. The second-order valence-electron chi connectivity index (χ2n) is 4.58. The minimum absolute atomic E-state index is 0.147. The van der Waals surface area contributed by atoms with Crippen molar-refractivity contribution in [1.82, 2.24) is 0 Å². The molecule has 13 heavy (non-hydrogen) atoms. The van der Waals surface area contributed by atoms with E-state index >= 15 is 0 Å². The van der Waals surface area contributed by atoms with Gasteiger partial charge in [0.15, 0.2) is 0 Å². The third-order valence-electron chi connectivity index (χ3n) is 2.61. The number of allylic oxidation sites excluding steroid dienone is 1. The molecule has 74 valence electrons. The van der Waals surface area contributed by atoms with Gasteiger partial charge in [-0.25, -0.2) is 4.79 Å². The first kappa shape index (κ1) is 10.3. The predicted octanol–water partition coefficient (Wildman–Crippen LogP) is 2.54. The van der Waals surface area contributed by atoms with Crippen molar-refractivity contribution >= 4 is 5.97 Å². The van der Waals surface area contributed by atoms with Crippen molar-refractivity contribution in [2.24, 2.45) is 11.8 Å². The van der Waals surface area contributed by atoms with Gasteiger partial charge in [-0.15, -0.1) is 0 Å². The molecule has 1 aliphatic heterocycles. The molecule has 1 atom stereocenters. The fourth-order valence-electron chi connectivity index (χ4n) is 1.51. The number of carbonyl (C=O) groups is 1. The first-order valence-electron chi connectivity index (χ1n) is 4.79. The molecule has 0 aromatic heterocycles. The van der Waals surface area contributed by atoms with Crippen molar-refractivity contribution in [3.8, 4) is 0 Å². The van der Waals surface area contributed by atoms with Gasteiger partial charge in [-0.2, -0.15) is 0 Å². The van der Waals surface area contributed by atoms with E-state index < -0.39 is 0 Å². The van der Waals surface area contributed by atoms with Crippen LogP contribution in [0.15, 0.2) is 11.6 Å². The minimum atomic E-state index is -0.336. The van der Waals surface area contributed by atoms with Gasteiger partial charge in [-0.1, -0.05) is 26.8 Å². The molecule has 1 saturated heterocycles. The monoisotopic (exact) mass is 182 g/mol. The molecule has 0 amide bonds. The van der Waals surface area contributed by atoms with Crippen LogP contribution < -0.4 is 0 Å². The Hall–Kier alpha value is -0.790. The maximum atomic E-state index is 11.4. The van der Waals surface area contributed by atoms with E-state index in [0.717, 1.165) is 5.57 Å². The van der Waals surface area contributed by atoms with Crippen molar-refractivity contribution in [2.45, 2.75) is 40.2 Å². The summed E-state index contributed by atoms with van der Waals surface area (Å²) in [6, 6.07) is 0. The first-order valence-corrected chi connectivity index (χ1v) is 4.79. The summed E-state index contributed by atoms with van der Waals surface area (Å²) in [5.74, 6) is 0.451. The fraction of sp³-hybridized carbons (Fsp3) is 0.727. The highest BCUT2D eigenvalue weighted by atomic mass is 16.6. The van der Waals surface area contributed by atoms with Crippen LogP contribution in [0.2, 0.25) is 0 Å². The zero-order valence-electron chi connectivity index (χ0n) is 9.05. The average molecular weight is 182 g/mol. The lowest BCUT2D eigenvalue weighted by atomic mass is 9.88. The van der Waals surface area contributed by atoms with Crippen molar-refractivity contribution in [2.75, 3.05) is 0 Å². The number of rotatable bonds is 1. The second kappa shape index (κ2) is 3.17. The smallest absolute Gasteiger partial charge is 0.334 e. The van der Waals surface area contributed by atoms with Crippen molar-refractivity contribution in [3.05, 3.63) is 11.6 Å². The zero-order chi connectivity index (χ0) is 10.2. The maximum absolute atomic E-state index is 11.4. The summed E-state index contributed by atoms with van der Waals surface area (Å²) in [6.45, 7) is 10.1. The molecule has 0 aromatic rings. The Morgan fingerprint density at radius 3 is 2.31 bits per heavy atom. The molecule has 1 heterocycles. The van der Waals surface area contributed by atoms with Crippen LogP contribution in [-0.2, 0) is 9.53 Å². The molecule has 0 N–H and O–H groups in total. The molecule has 2 nitrogen and oxygen atoms in total. The lowest BCUT2D eigenvalue weighted by Gasteiger charge is -2.20. The van der Waals surface area contributed by atoms with E-state index in [1.165, 1.54) is 0 Å². The van der Waals surface area contributed by atoms with Gasteiger partial charge < -0.3 is 4.74 Å². The lowest BCUT2D eigenvalue weighted by Crippen LogP contribution is -2.25. The molecule has 1 rings (SSSR count). The molecule has 0 spiro atoms. The van der Waals surface area contributed by atoms with Crippen molar-refractivity contribution in [1.29, 1.82) is 0 Å². The number of carbonyl (C=O) groups excluding carboxylic acids is 1. The largest absolute Gasteiger partial charge is 0.456 e. The van der Waals surface area contributed by atoms with Gasteiger partial charge in [0.2, 0.25) is 0 Å². The highest BCUT2D eigenvalue weighted by Crippen LogP contribution is 2.36. The second-order valence-corrected chi connectivity index (χ2v) is 4.58. The molecular formula is C11H18O2. The van der Waals surface area contributed by atoms with Crippen LogP contribution in [-0.4, -0.2) is 11.6 Å². The highest BCUT2D eigenvalue weighted by Gasteiger charge is 2.42. The number of cyclic esters (lactones) is 1. The summed E-state index contributed by atoms with van der Waals surface area (Å²) in [6.07, 6.45) is 2.00. The quantitative estimate of drug-likeness (QED) is 0.460. The Bertz CT molecular complexity index is 249. The van der Waals surface area contributed by atoms with Crippen molar-refractivity contribution < 1.29 is 9.53 Å².